The Kier molecular flexibility index (Phi) is 2.63. The highest BCUT2D eigenvalue weighted by molar-refractivity contribution is 5.95. The Morgan fingerprint density at radius 3 is 3.24 bits per heavy atom. The first-order chi connectivity index (χ1) is 8.27. The molecule has 1 aromatic rings. The van der Waals surface area contributed by atoms with Crippen molar-refractivity contribution in [3.63, 3.8) is 0 Å². The van der Waals surface area contributed by atoms with Gasteiger partial charge in [-0.15, -0.1) is 0 Å². The number of fused-ring (bicyclic) bond motifs is 1. The van der Waals surface area contributed by atoms with Gasteiger partial charge < -0.3 is 14.7 Å². The van der Waals surface area contributed by atoms with Crippen molar-refractivity contribution in [2.45, 2.75) is 25.8 Å². The Morgan fingerprint density at radius 2 is 2.47 bits per heavy atom. The van der Waals surface area contributed by atoms with E-state index in [1.165, 1.54) is 6.20 Å². The van der Waals surface area contributed by atoms with Crippen LogP contribution in [-0.2, 0) is 0 Å². The number of rotatable bonds is 1. The summed E-state index contributed by atoms with van der Waals surface area (Å²) in [7, 11) is 0. The van der Waals surface area contributed by atoms with Crippen molar-refractivity contribution < 1.29 is 9.32 Å². The number of piperidine rings is 1. The predicted octanol–water partition coefficient (Wildman–Crippen LogP) is 0.807. The van der Waals surface area contributed by atoms with Gasteiger partial charge in [0.25, 0.3) is 5.91 Å². The number of carbonyl (C=O) groups is 1. The van der Waals surface area contributed by atoms with Crippen molar-refractivity contribution in [2.24, 2.45) is 5.92 Å². The predicted molar refractivity (Wildman–Crippen MR) is 61.7 cm³/mol. The number of hydrogen-bond donors (Lipinski definition) is 1. The molecule has 17 heavy (non-hydrogen) atoms. The summed E-state index contributed by atoms with van der Waals surface area (Å²) < 4.78 is 4.97. The van der Waals surface area contributed by atoms with Crippen LogP contribution >= 0.6 is 0 Å². The first kappa shape index (κ1) is 10.8. The van der Waals surface area contributed by atoms with Crippen LogP contribution in [0.4, 0.5) is 0 Å². The number of carbonyl (C=O) groups excluding carboxylic acids is 1. The third-order valence-electron chi connectivity index (χ3n) is 3.95. The molecule has 2 aliphatic rings. The van der Waals surface area contributed by atoms with E-state index in [4.69, 9.17) is 4.52 Å². The van der Waals surface area contributed by atoms with E-state index in [1.54, 1.807) is 6.92 Å². The minimum atomic E-state index is 0.0816. The molecule has 0 saturated carbocycles. The Labute approximate surface area is 100 Å². The van der Waals surface area contributed by atoms with Crippen LogP contribution in [0.1, 0.15) is 29.0 Å². The molecular formula is C12H17N3O2. The number of aromatic nitrogens is 1. The van der Waals surface area contributed by atoms with Crippen LogP contribution in [0.2, 0.25) is 0 Å². The van der Waals surface area contributed by atoms with E-state index in [0.717, 1.165) is 32.5 Å². The maximum absolute atomic E-state index is 12.4. The molecule has 2 unspecified atom stereocenters. The normalized spacial score (nSPS) is 28.2. The Hall–Kier alpha value is -1.36. The first-order valence-electron chi connectivity index (χ1n) is 6.20. The fourth-order valence-corrected chi connectivity index (χ4v) is 3.00. The molecule has 1 aromatic heterocycles. The van der Waals surface area contributed by atoms with Gasteiger partial charge in [0.05, 0.1) is 6.20 Å². The van der Waals surface area contributed by atoms with Crippen molar-refractivity contribution in [1.29, 1.82) is 0 Å². The summed E-state index contributed by atoms with van der Waals surface area (Å²) in [5.41, 5.74) is 0.615. The van der Waals surface area contributed by atoms with Crippen molar-refractivity contribution in [3.8, 4) is 0 Å². The van der Waals surface area contributed by atoms with Gasteiger partial charge in [-0.25, -0.2) is 0 Å². The lowest BCUT2D eigenvalue weighted by Gasteiger charge is -2.32. The maximum atomic E-state index is 12.4. The molecule has 0 radical (unpaired) electrons. The molecule has 2 atom stereocenters. The highest BCUT2D eigenvalue weighted by Gasteiger charge is 2.39. The van der Waals surface area contributed by atoms with E-state index in [-0.39, 0.29) is 5.91 Å². The zero-order valence-electron chi connectivity index (χ0n) is 9.98. The topological polar surface area (TPSA) is 58.4 Å². The van der Waals surface area contributed by atoms with E-state index in [1.807, 2.05) is 4.90 Å². The second kappa shape index (κ2) is 4.14. The molecule has 0 bridgehead atoms. The summed E-state index contributed by atoms with van der Waals surface area (Å²) >= 11 is 0. The second-order valence-electron chi connectivity index (χ2n) is 4.90. The average Bonchev–Trinajstić information content (AvgIpc) is 2.94. The van der Waals surface area contributed by atoms with Crippen LogP contribution in [0.25, 0.3) is 0 Å². The zero-order valence-corrected chi connectivity index (χ0v) is 9.98. The van der Waals surface area contributed by atoms with Gasteiger partial charge in [-0.1, -0.05) is 5.16 Å². The number of amides is 1. The third kappa shape index (κ3) is 1.74. The van der Waals surface area contributed by atoms with Gasteiger partial charge in [0.2, 0.25) is 0 Å². The SMILES string of the molecule is Cc1oncc1C(=O)N1CCC2CNCCC21. The summed E-state index contributed by atoms with van der Waals surface area (Å²) in [6.45, 7) is 4.70. The van der Waals surface area contributed by atoms with Gasteiger partial charge in [0.1, 0.15) is 11.3 Å². The molecule has 5 heteroatoms. The highest BCUT2D eigenvalue weighted by atomic mass is 16.5. The lowest BCUT2D eigenvalue weighted by molar-refractivity contribution is 0.0696. The van der Waals surface area contributed by atoms with Crippen LogP contribution in [0.3, 0.4) is 0 Å². The van der Waals surface area contributed by atoms with Gasteiger partial charge >= 0.3 is 0 Å². The van der Waals surface area contributed by atoms with Crippen molar-refractivity contribution in [1.82, 2.24) is 15.4 Å². The summed E-state index contributed by atoms with van der Waals surface area (Å²) in [5.74, 6) is 1.32. The number of nitrogens with zero attached hydrogens (tertiary/aromatic N) is 2. The fourth-order valence-electron chi connectivity index (χ4n) is 3.00. The summed E-state index contributed by atoms with van der Waals surface area (Å²) in [4.78, 5) is 14.4. The quantitative estimate of drug-likeness (QED) is 0.782. The molecule has 2 fully saturated rings. The fraction of sp³-hybridized carbons (Fsp3) is 0.667. The van der Waals surface area contributed by atoms with Gasteiger partial charge in [0, 0.05) is 12.6 Å². The lowest BCUT2D eigenvalue weighted by atomic mass is 9.94. The lowest BCUT2D eigenvalue weighted by Crippen LogP contribution is -2.45. The van der Waals surface area contributed by atoms with Crippen molar-refractivity contribution >= 4 is 5.91 Å². The minimum absolute atomic E-state index is 0.0816. The smallest absolute Gasteiger partial charge is 0.259 e. The van der Waals surface area contributed by atoms with Crippen LogP contribution < -0.4 is 5.32 Å². The summed E-state index contributed by atoms with van der Waals surface area (Å²) in [6.07, 6.45) is 3.69. The number of hydrogen-bond acceptors (Lipinski definition) is 4. The second-order valence-corrected chi connectivity index (χ2v) is 4.90. The largest absolute Gasteiger partial charge is 0.361 e. The molecule has 2 saturated heterocycles. The molecule has 5 nitrogen and oxygen atoms in total. The van der Waals surface area contributed by atoms with E-state index in [0.29, 0.717) is 23.3 Å². The summed E-state index contributed by atoms with van der Waals surface area (Å²) in [6, 6.07) is 0.401. The van der Waals surface area contributed by atoms with E-state index < -0.39 is 0 Å². The Morgan fingerprint density at radius 1 is 1.59 bits per heavy atom. The van der Waals surface area contributed by atoms with Gasteiger partial charge in [-0.2, -0.15) is 0 Å². The molecule has 0 spiro atoms. The van der Waals surface area contributed by atoms with E-state index in [2.05, 4.69) is 10.5 Å². The van der Waals surface area contributed by atoms with E-state index in [9.17, 15) is 4.79 Å². The van der Waals surface area contributed by atoms with E-state index >= 15 is 0 Å². The van der Waals surface area contributed by atoms with Crippen LogP contribution in [0.5, 0.6) is 0 Å². The summed E-state index contributed by atoms with van der Waals surface area (Å²) in [5, 5.41) is 7.08. The molecular weight excluding hydrogens is 218 g/mol. The zero-order chi connectivity index (χ0) is 11.8. The number of likely N-dealkylation sites (tertiary alicyclic amines) is 1. The molecule has 3 rings (SSSR count). The average molecular weight is 235 g/mol. The molecule has 0 aliphatic carbocycles. The number of aryl methyl sites for hydroxylation is 1. The Bertz CT molecular complexity index is 429. The first-order valence-corrected chi connectivity index (χ1v) is 6.20. The van der Waals surface area contributed by atoms with Gasteiger partial charge in [-0.3, -0.25) is 4.79 Å². The monoisotopic (exact) mass is 235 g/mol. The van der Waals surface area contributed by atoms with Crippen LogP contribution in [0.15, 0.2) is 10.7 Å². The molecule has 92 valence electrons. The van der Waals surface area contributed by atoms with Crippen LogP contribution in [0, 0.1) is 12.8 Å². The highest BCUT2D eigenvalue weighted by Crippen LogP contribution is 2.30. The molecule has 2 aliphatic heterocycles. The van der Waals surface area contributed by atoms with Crippen molar-refractivity contribution in [3.05, 3.63) is 17.5 Å². The number of nitrogens with one attached hydrogen (secondary N) is 1. The molecule has 1 N–H and O–H groups in total. The van der Waals surface area contributed by atoms with Crippen LogP contribution in [-0.4, -0.2) is 41.6 Å². The third-order valence-corrected chi connectivity index (χ3v) is 3.95. The Balaban J connectivity index is 1.81. The van der Waals surface area contributed by atoms with Gasteiger partial charge in [-0.05, 0) is 38.8 Å². The standard InChI is InChI=1S/C12H17N3O2/c1-8-10(7-14-17-8)12(16)15-5-3-9-6-13-4-2-11(9)15/h7,9,11,13H,2-6H2,1H3. The molecule has 0 aromatic carbocycles. The molecule has 3 heterocycles. The van der Waals surface area contributed by atoms with Gasteiger partial charge in [0.15, 0.2) is 0 Å². The molecule has 1 amide bonds. The van der Waals surface area contributed by atoms with Crippen molar-refractivity contribution in [2.75, 3.05) is 19.6 Å². The maximum Gasteiger partial charge on any atom is 0.259 e. The minimum Gasteiger partial charge on any atom is -0.361 e.